The number of benzene rings is 1. The molecule has 96 valence electrons. The second-order valence-corrected chi connectivity index (χ2v) is 6.45. The fourth-order valence-corrected chi connectivity index (χ4v) is 4.49. The zero-order chi connectivity index (χ0) is 12.8. The lowest BCUT2D eigenvalue weighted by Crippen LogP contribution is -2.05. The van der Waals surface area contributed by atoms with Gasteiger partial charge in [-0.1, -0.05) is 6.92 Å². The van der Waals surface area contributed by atoms with Crippen LogP contribution in [0.3, 0.4) is 0 Å². The first-order chi connectivity index (χ1) is 8.17. The van der Waals surface area contributed by atoms with Crippen LogP contribution in [0, 0.1) is 0 Å². The molecule has 0 radical (unpaired) electrons. The Morgan fingerprint density at radius 2 is 1.59 bits per heavy atom. The summed E-state index contributed by atoms with van der Waals surface area (Å²) in [5, 5.41) is 0. The van der Waals surface area contributed by atoms with Gasteiger partial charge in [-0.15, -0.1) is 35.3 Å². The second kappa shape index (κ2) is 7.62. The molecule has 1 nitrogen and oxygen atoms in total. The topological polar surface area (TPSA) is 26.0 Å². The quantitative estimate of drug-likeness (QED) is 0.789. The SMILES string of the molecule is CSc1cc(C(C)CCN)cc(SC)c1SC. The molecule has 0 amide bonds. The van der Waals surface area contributed by atoms with Crippen molar-refractivity contribution in [3.8, 4) is 0 Å². The molecule has 1 rings (SSSR count). The van der Waals surface area contributed by atoms with Crippen LogP contribution in [0.5, 0.6) is 0 Å². The second-order valence-electron chi connectivity index (χ2n) is 3.94. The lowest BCUT2D eigenvalue weighted by atomic mass is 9.98. The molecule has 1 atom stereocenters. The molecule has 0 aromatic heterocycles. The highest BCUT2D eigenvalue weighted by atomic mass is 32.2. The molecule has 1 unspecified atom stereocenters. The van der Waals surface area contributed by atoms with Crippen molar-refractivity contribution in [2.75, 3.05) is 25.3 Å². The molecule has 1 aromatic rings. The summed E-state index contributed by atoms with van der Waals surface area (Å²) in [5.74, 6) is 0.549. The van der Waals surface area contributed by atoms with Crippen LogP contribution in [0.25, 0.3) is 0 Å². The molecule has 0 saturated carbocycles. The highest BCUT2D eigenvalue weighted by molar-refractivity contribution is 8.03. The van der Waals surface area contributed by atoms with E-state index in [-0.39, 0.29) is 0 Å². The van der Waals surface area contributed by atoms with Crippen molar-refractivity contribution >= 4 is 35.3 Å². The molecule has 0 aliphatic rings. The lowest BCUT2D eigenvalue weighted by Gasteiger charge is -2.17. The fraction of sp³-hybridized carbons (Fsp3) is 0.538. The molecule has 1 aromatic carbocycles. The van der Waals surface area contributed by atoms with Gasteiger partial charge in [-0.05, 0) is 55.3 Å². The minimum absolute atomic E-state index is 0.549. The predicted molar refractivity (Wildman–Crippen MR) is 83.9 cm³/mol. The summed E-state index contributed by atoms with van der Waals surface area (Å²) in [4.78, 5) is 4.19. The van der Waals surface area contributed by atoms with Crippen LogP contribution in [0.2, 0.25) is 0 Å². The Balaban J connectivity index is 3.17. The Hall–Kier alpha value is 0.230. The van der Waals surface area contributed by atoms with Crippen molar-refractivity contribution in [2.45, 2.75) is 33.9 Å². The van der Waals surface area contributed by atoms with E-state index >= 15 is 0 Å². The van der Waals surface area contributed by atoms with Gasteiger partial charge < -0.3 is 5.73 Å². The Morgan fingerprint density at radius 3 is 1.94 bits per heavy atom. The van der Waals surface area contributed by atoms with Crippen LogP contribution in [-0.2, 0) is 0 Å². The van der Waals surface area contributed by atoms with Gasteiger partial charge in [-0.2, -0.15) is 0 Å². The Morgan fingerprint density at radius 1 is 1.06 bits per heavy atom. The smallest absolute Gasteiger partial charge is 0.0341 e. The number of nitrogens with two attached hydrogens (primary N) is 1. The van der Waals surface area contributed by atoms with E-state index in [1.165, 1.54) is 20.2 Å². The summed E-state index contributed by atoms with van der Waals surface area (Å²) < 4.78 is 0. The van der Waals surface area contributed by atoms with E-state index in [1.807, 2.05) is 35.3 Å². The monoisotopic (exact) mass is 287 g/mol. The summed E-state index contributed by atoms with van der Waals surface area (Å²) in [7, 11) is 0. The van der Waals surface area contributed by atoms with E-state index in [0.29, 0.717) is 5.92 Å². The third kappa shape index (κ3) is 3.85. The summed E-state index contributed by atoms with van der Waals surface area (Å²) in [6.45, 7) is 3.02. The maximum absolute atomic E-state index is 5.65. The van der Waals surface area contributed by atoms with Gasteiger partial charge in [0.25, 0.3) is 0 Å². The van der Waals surface area contributed by atoms with Crippen molar-refractivity contribution in [2.24, 2.45) is 5.73 Å². The van der Waals surface area contributed by atoms with Crippen LogP contribution < -0.4 is 5.73 Å². The third-order valence-corrected chi connectivity index (χ3v) is 5.49. The third-order valence-electron chi connectivity index (χ3n) is 2.86. The molecule has 0 bridgehead atoms. The van der Waals surface area contributed by atoms with Gasteiger partial charge in [0, 0.05) is 14.7 Å². The molecular formula is C13H21NS3. The number of hydrogen-bond donors (Lipinski definition) is 1. The lowest BCUT2D eigenvalue weighted by molar-refractivity contribution is 0.684. The zero-order valence-corrected chi connectivity index (χ0v) is 13.4. The van der Waals surface area contributed by atoms with Gasteiger partial charge in [0.15, 0.2) is 0 Å². The minimum atomic E-state index is 0.549. The van der Waals surface area contributed by atoms with Gasteiger partial charge >= 0.3 is 0 Å². The first-order valence-corrected chi connectivity index (χ1v) is 9.35. The first-order valence-electron chi connectivity index (χ1n) is 5.67. The number of rotatable bonds is 6. The van der Waals surface area contributed by atoms with Gasteiger partial charge in [-0.3, -0.25) is 0 Å². The van der Waals surface area contributed by atoms with Crippen LogP contribution in [-0.4, -0.2) is 25.3 Å². The number of thioether (sulfide) groups is 3. The molecule has 2 N–H and O–H groups in total. The molecule has 0 saturated heterocycles. The minimum Gasteiger partial charge on any atom is -0.330 e. The van der Waals surface area contributed by atoms with Crippen LogP contribution >= 0.6 is 35.3 Å². The van der Waals surface area contributed by atoms with Gasteiger partial charge in [0.2, 0.25) is 0 Å². The van der Waals surface area contributed by atoms with Crippen molar-refractivity contribution in [3.63, 3.8) is 0 Å². The molecular weight excluding hydrogens is 266 g/mol. The van der Waals surface area contributed by atoms with E-state index in [2.05, 4.69) is 37.8 Å². The molecule has 0 spiro atoms. The standard InChI is InChI=1S/C13H21NS3/c1-9(5-6-14)10-7-11(15-2)13(17-4)12(8-10)16-3/h7-9H,5-6,14H2,1-4H3. The molecule has 17 heavy (non-hydrogen) atoms. The Labute approximate surface area is 118 Å². The van der Waals surface area contributed by atoms with E-state index in [0.717, 1.165) is 13.0 Å². The first kappa shape index (κ1) is 15.3. The summed E-state index contributed by atoms with van der Waals surface area (Å²) in [5.41, 5.74) is 7.07. The number of hydrogen-bond acceptors (Lipinski definition) is 4. The molecule has 0 aliphatic carbocycles. The van der Waals surface area contributed by atoms with Crippen LogP contribution in [0.1, 0.15) is 24.8 Å². The van der Waals surface area contributed by atoms with E-state index in [9.17, 15) is 0 Å². The Kier molecular flexibility index (Phi) is 6.85. The largest absolute Gasteiger partial charge is 0.330 e. The zero-order valence-electron chi connectivity index (χ0n) is 10.9. The Bertz CT molecular complexity index is 341. The van der Waals surface area contributed by atoms with Crippen molar-refractivity contribution < 1.29 is 0 Å². The maximum atomic E-state index is 5.65. The van der Waals surface area contributed by atoms with Crippen molar-refractivity contribution in [3.05, 3.63) is 17.7 Å². The average Bonchev–Trinajstić information content (AvgIpc) is 2.37. The molecule has 0 aliphatic heterocycles. The highest BCUT2D eigenvalue weighted by Crippen LogP contribution is 2.39. The normalized spacial score (nSPS) is 12.8. The maximum Gasteiger partial charge on any atom is 0.0341 e. The van der Waals surface area contributed by atoms with Gasteiger partial charge in [-0.25, -0.2) is 0 Å². The van der Waals surface area contributed by atoms with E-state index in [4.69, 9.17) is 5.73 Å². The van der Waals surface area contributed by atoms with E-state index < -0.39 is 0 Å². The fourth-order valence-electron chi connectivity index (χ4n) is 1.80. The van der Waals surface area contributed by atoms with Gasteiger partial charge in [0.05, 0.1) is 0 Å². The van der Waals surface area contributed by atoms with Crippen LogP contribution in [0.4, 0.5) is 0 Å². The predicted octanol–water partition coefficient (Wildman–Crippen LogP) is 4.30. The highest BCUT2D eigenvalue weighted by Gasteiger charge is 2.12. The molecule has 4 heteroatoms. The van der Waals surface area contributed by atoms with Gasteiger partial charge in [0.1, 0.15) is 0 Å². The molecule has 0 fully saturated rings. The van der Waals surface area contributed by atoms with Crippen LogP contribution in [0.15, 0.2) is 26.8 Å². The average molecular weight is 288 g/mol. The van der Waals surface area contributed by atoms with Crippen molar-refractivity contribution in [1.29, 1.82) is 0 Å². The summed E-state index contributed by atoms with van der Waals surface area (Å²) >= 11 is 5.51. The van der Waals surface area contributed by atoms with Crippen molar-refractivity contribution in [1.82, 2.24) is 0 Å². The van der Waals surface area contributed by atoms with E-state index in [1.54, 1.807) is 0 Å². The summed E-state index contributed by atoms with van der Waals surface area (Å²) in [6, 6.07) is 4.66. The molecule has 0 heterocycles. The summed E-state index contributed by atoms with van der Waals surface area (Å²) in [6.07, 6.45) is 7.51.